The van der Waals surface area contributed by atoms with E-state index in [4.69, 9.17) is 23.2 Å². The Bertz CT molecular complexity index is 817. The van der Waals surface area contributed by atoms with Gasteiger partial charge in [0, 0.05) is 10.4 Å². The van der Waals surface area contributed by atoms with Gasteiger partial charge in [-0.15, -0.1) is 0 Å². The summed E-state index contributed by atoms with van der Waals surface area (Å²) in [7, 11) is 0. The Balaban J connectivity index is 2.15. The number of rotatable bonds is 2. The summed E-state index contributed by atoms with van der Waals surface area (Å²) < 4.78 is 13.3. The SMILES string of the molecule is Fc1ccc(C(Br)c2ccc(Cl)c3ccccc23)cc1Cl. The fourth-order valence-electron chi connectivity index (χ4n) is 2.36. The molecule has 0 saturated heterocycles. The molecular weight excluding hydrogens is 374 g/mol. The normalized spacial score (nSPS) is 12.6. The van der Waals surface area contributed by atoms with E-state index in [1.54, 1.807) is 12.1 Å². The van der Waals surface area contributed by atoms with Crippen molar-refractivity contribution in [2.45, 2.75) is 4.83 Å². The van der Waals surface area contributed by atoms with Crippen molar-refractivity contribution in [1.29, 1.82) is 0 Å². The summed E-state index contributed by atoms with van der Waals surface area (Å²) in [5, 5.41) is 2.89. The highest BCUT2D eigenvalue weighted by molar-refractivity contribution is 9.09. The van der Waals surface area contributed by atoms with Crippen molar-refractivity contribution in [3.63, 3.8) is 0 Å². The average molecular weight is 384 g/mol. The summed E-state index contributed by atoms with van der Waals surface area (Å²) in [5.41, 5.74) is 1.96. The quantitative estimate of drug-likeness (QED) is 0.428. The van der Waals surface area contributed by atoms with Crippen LogP contribution in [0.5, 0.6) is 0 Å². The van der Waals surface area contributed by atoms with Crippen molar-refractivity contribution in [3.8, 4) is 0 Å². The number of hydrogen-bond acceptors (Lipinski definition) is 0. The Morgan fingerprint density at radius 1 is 0.857 bits per heavy atom. The van der Waals surface area contributed by atoms with Gasteiger partial charge in [0.1, 0.15) is 5.82 Å². The largest absolute Gasteiger partial charge is 0.205 e. The molecule has 0 radical (unpaired) electrons. The number of fused-ring (bicyclic) bond motifs is 1. The van der Waals surface area contributed by atoms with Gasteiger partial charge in [0.15, 0.2) is 0 Å². The summed E-state index contributed by atoms with van der Waals surface area (Å²) in [6.45, 7) is 0. The third-order valence-electron chi connectivity index (χ3n) is 3.41. The molecule has 0 bridgehead atoms. The molecule has 0 fully saturated rings. The molecule has 0 spiro atoms. The number of benzene rings is 3. The van der Waals surface area contributed by atoms with Crippen LogP contribution in [0.15, 0.2) is 54.6 Å². The molecule has 0 saturated carbocycles. The summed E-state index contributed by atoms with van der Waals surface area (Å²) in [5.74, 6) is -0.416. The predicted octanol–water partition coefficient (Wildman–Crippen LogP) is 6.77. The highest BCUT2D eigenvalue weighted by Gasteiger charge is 2.15. The van der Waals surface area contributed by atoms with E-state index in [1.165, 1.54) is 6.07 Å². The molecule has 106 valence electrons. The maximum atomic E-state index is 13.3. The van der Waals surface area contributed by atoms with Crippen LogP contribution in [0.3, 0.4) is 0 Å². The maximum Gasteiger partial charge on any atom is 0.141 e. The Hall–Kier alpha value is -1.09. The second-order valence-electron chi connectivity index (χ2n) is 4.72. The van der Waals surface area contributed by atoms with E-state index in [0.717, 1.165) is 21.9 Å². The van der Waals surface area contributed by atoms with E-state index < -0.39 is 5.82 Å². The van der Waals surface area contributed by atoms with E-state index in [-0.39, 0.29) is 9.85 Å². The van der Waals surface area contributed by atoms with Gasteiger partial charge in [-0.1, -0.05) is 75.5 Å². The zero-order valence-corrected chi connectivity index (χ0v) is 13.9. The molecule has 0 aliphatic rings. The lowest BCUT2D eigenvalue weighted by Gasteiger charge is -2.15. The lowest BCUT2D eigenvalue weighted by molar-refractivity contribution is 0.627. The van der Waals surface area contributed by atoms with Gasteiger partial charge in [-0.05, 0) is 34.7 Å². The van der Waals surface area contributed by atoms with E-state index in [2.05, 4.69) is 15.9 Å². The first-order valence-corrected chi connectivity index (χ1v) is 8.01. The van der Waals surface area contributed by atoms with Crippen LogP contribution in [0.25, 0.3) is 10.8 Å². The van der Waals surface area contributed by atoms with Crippen LogP contribution in [0.2, 0.25) is 10.0 Å². The van der Waals surface area contributed by atoms with Gasteiger partial charge in [-0.3, -0.25) is 0 Å². The average Bonchev–Trinajstić information content (AvgIpc) is 2.50. The molecule has 0 N–H and O–H groups in total. The van der Waals surface area contributed by atoms with Crippen LogP contribution < -0.4 is 0 Å². The van der Waals surface area contributed by atoms with Crippen LogP contribution in [0, 0.1) is 5.82 Å². The molecule has 21 heavy (non-hydrogen) atoms. The summed E-state index contributed by atoms with van der Waals surface area (Å²) in [6.07, 6.45) is 0. The minimum Gasteiger partial charge on any atom is -0.205 e. The smallest absolute Gasteiger partial charge is 0.141 e. The molecule has 4 heteroatoms. The Morgan fingerprint density at radius 2 is 1.57 bits per heavy atom. The fraction of sp³-hybridized carbons (Fsp3) is 0.0588. The van der Waals surface area contributed by atoms with Gasteiger partial charge in [0.05, 0.1) is 9.85 Å². The Morgan fingerprint density at radius 3 is 2.29 bits per heavy atom. The first-order valence-electron chi connectivity index (χ1n) is 6.34. The molecule has 0 nitrogen and oxygen atoms in total. The van der Waals surface area contributed by atoms with E-state index in [9.17, 15) is 4.39 Å². The van der Waals surface area contributed by atoms with Gasteiger partial charge in [0.25, 0.3) is 0 Å². The second-order valence-corrected chi connectivity index (χ2v) is 6.45. The molecule has 3 aromatic carbocycles. The molecule has 1 atom stereocenters. The molecule has 1 unspecified atom stereocenters. The van der Waals surface area contributed by atoms with Crippen molar-refractivity contribution < 1.29 is 4.39 Å². The highest BCUT2D eigenvalue weighted by Crippen LogP contribution is 2.38. The van der Waals surface area contributed by atoms with Gasteiger partial charge in [0.2, 0.25) is 0 Å². The maximum absolute atomic E-state index is 13.3. The van der Waals surface area contributed by atoms with Gasteiger partial charge < -0.3 is 0 Å². The topological polar surface area (TPSA) is 0 Å². The predicted molar refractivity (Wildman–Crippen MR) is 91.1 cm³/mol. The fourth-order valence-corrected chi connectivity index (χ4v) is 3.46. The van der Waals surface area contributed by atoms with Crippen LogP contribution in [-0.4, -0.2) is 0 Å². The summed E-state index contributed by atoms with van der Waals surface area (Å²) >= 11 is 15.8. The molecule has 0 aromatic heterocycles. The minimum atomic E-state index is -0.416. The third-order valence-corrected chi connectivity index (χ3v) is 5.06. The third kappa shape index (κ3) is 2.80. The first kappa shape index (κ1) is 14.8. The lowest BCUT2D eigenvalue weighted by Crippen LogP contribution is -1.95. The van der Waals surface area contributed by atoms with E-state index >= 15 is 0 Å². The summed E-state index contributed by atoms with van der Waals surface area (Å²) in [6, 6.07) is 16.5. The second kappa shape index (κ2) is 5.96. The molecular formula is C17H10BrCl2F. The standard InChI is InChI=1S/C17H10BrCl2F/c18-17(10-5-8-16(21)15(20)9-10)13-6-7-14(19)12-4-2-1-3-11(12)13/h1-9,17H. The monoisotopic (exact) mass is 382 g/mol. The van der Waals surface area contributed by atoms with Crippen molar-refractivity contribution in [2.24, 2.45) is 0 Å². The molecule has 0 aliphatic carbocycles. The zero-order chi connectivity index (χ0) is 15.0. The van der Waals surface area contributed by atoms with Crippen LogP contribution in [0.1, 0.15) is 16.0 Å². The number of hydrogen-bond donors (Lipinski definition) is 0. The summed E-state index contributed by atoms with van der Waals surface area (Å²) in [4.78, 5) is -0.0854. The molecule has 0 heterocycles. The minimum absolute atomic E-state index is 0.0854. The molecule has 3 aromatic rings. The Labute approximate surface area is 140 Å². The molecule has 0 aliphatic heterocycles. The van der Waals surface area contributed by atoms with Crippen LogP contribution >= 0.6 is 39.1 Å². The van der Waals surface area contributed by atoms with Gasteiger partial charge in [-0.2, -0.15) is 0 Å². The van der Waals surface area contributed by atoms with Crippen molar-refractivity contribution in [3.05, 3.63) is 81.6 Å². The van der Waals surface area contributed by atoms with Gasteiger partial charge >= 0.3 is 0 Å². The Kier molecular flexibility index (Phi) is 4.21. The molecule has 3 rings (SSSR count). The highest BCUT2D eigenvalue weighted by atomic mass is 79.9. The van der Waals surface area contributed by atoms with Gasteiger partial charge in [-0.25, -0.2) is 4.39 Å². The van der Waals surface area contributed by atoms with E-state index in [1.807, 2.05) is 36.4 Å². The number of alkyl halides is 1. The van der Waals surface area contributed by atoms with Crippen LogP contribution in [-0.2, 0) is 0 Å². The zero-order valence-electron chi connectivity index (χ0n) is 10.8. The van der Waals surface area contributed by atoms with E-state index in [0.29, 0.717) is 5.02 Å². The van der Waals surface area contributed by atoms with Crippen molar-refractivity contribution in [1.82, 2.24) is 0 Å². The van der Waals surface area contributed by atoms with Crippen LogP contribution in [0.4, 0.5) is 4.39 Å². The van der Waals surface area contributed by atoms with Crippen molar-refractivity contribution >= 4 is 49.9 Å². The molecule has 0 amide bonds. The van der Waals surface area contributed by atoms with Crippen molar-refractivity contribution in [2.75, 3.05) is 0 Å². The number of halogens is 4. The lowest BCUT2D eigenvalue weighted by atomic mass is 9.98. The first-order chi connectivity index (χ1) is 10.1.